The Morgan fingerprint density at radius 3 is 2.29 bits per heavy atom. The SMILES string of the molecule is CC(C)N(C(=O)O)[C@@H](C(=O)N1CCC[C@H]1c1ncc(-c2ccc(-c3cc4ccccc4[nH]3)cc2)[nH]1)c1ccccc1. The summed E-state index contributed by atoms with van der Waals surface area (Å²) in [5.41, 5.74) is 5.80. The highest BCUT2D eigenvalue weighted by Crippen LogP contribution is 2.36. The molecule has 3 aromatic carbocycles. The summed E-state index contributed by atoms with van der Waals surface area (Å²) in [4.78, 5) is 41.0. The van der Waals surface area contributed by atoms with Crippen molar-refractivity contribution in [2.24, 2.45) is 0 Å². The minimum Gasteiger partial charge on any atom is -0.465 e. The number of amides is 2. The van der Waals surface area contributed by atoms with E-state index in [9.17, 15) is 14.7 Å². The molecule has 6 rings (SSSR count). The van der Waals surface area contributed by atoms with E-state index in [-0.39, 0.29) is 18.0 Å². The highest BCUT2D eigenvalue weighted by molar-refractivity contribution is 5.88. The van der Waals surface area contributed by atoms with Crippen molar-refractivity contribution in [2.45, 2.75) is 44.8 Å². The van der Waals surface area contributed by atoms with Crippen molar-refractivity contribution >= 4 is 22.9 Å². The number of nitrogens with zero attached hydrogens (tertiary/aromatic N) is 3. The molecule has 2 amide bonds. The molecule has 0 spiro atoms. The molecule has 0 aliphatic carbocycles. The summed E-state index contributed by atoms with van der Waals surface area (Å²) in [6.45, 7) is 4.13. The quantitative estimate of drug-likeness (QED) is 0.204. The Bertz CT molecular complexity index is 1640. The number of aromatic nitrogens is 3. The van der Waals surface area contributed by atoms with E-state index in [2.05, 4.69) is 57.4 Å². The lowest BCUT2D eigenvalue weighted by Crippen LogP contribution is -2.47. The van der Waals surface area contributed by atoms with Crippen LogP contribution in [0.25, 0.3) is 33.4 Å². The molecule has 8 heteroatoms. The Labute approximate surface area is 238 Å². The van der Waals surface area contributed by atoms with Gasteiger partial charge in [-0.15, -0.1) is 0 Å². The summed E-state index contributed by atoms with van der Waals surface area (Å²) in [6, 6.07) is 26.3. The zero-order valence-electron chi connectivity index (χ0n) is 23.1. The van der Waals surface area contributed by atoms with Gasteiger partial charge in [-0.25, -0.2) is 9.78 Å². The first-order chi connectivity index (χ1) is 19.9. The number of carbonyl (C=O) groups is 2. The molecule has 41 heavy (non-hydrogen) atoms. The maximum Gasteiger partial charge on any atom is 0.408 e. The third-order valence-corrected chi connectivity index (χ3v) is 7.89. The maximum atomic E-state index is 14.1. The molecule has 5 aromatic rings. The summed E-state index contributed by atoms with van der Waals surface area (Å²) in [7, 11) is 0. The lowest BCUT2D eigenvalue weighted by Gasteiger charge is -2.36. The van der Waals surface area contributed by atoms with E-state index in [1.165, 1.54) is 10.3 Å². The molecule has 1 fully saturated rings. The van der Waals surface area contributed by atoms with E-state index in [1.54, 1.807) is 24.9 Å². The van der Waals surface area contributed by atoms with E-state index in [4.69, 9.17) is 0 Å². The molecular formula is C33H33N5O3. The van der Waals surface area contributed by atoms with Crippen LogP contribution in [-0.2, 0) is 4.79 Å². The second-order valence-corrected chi connectivity index (χ2v) is 10.8. The number of nitrogens with one attached hydrogen (secondary N) is 2. The minimum atomic E-state index is -1.12. The Balaban J connectivity index is 1.25. The molecule has 2 atom stereocenters. The van der Waals surface area contributed by atoms with Gasteiger partial charge in [0.15, 0.2) is 0 Å². The van der Waals surface area contributed by atoms with Crippen LogP contribution in [0.1, 0.15) is 50.2 Å². The number of likely N-dealkylation sites (tertiary alicyclic amines) is 1. The van der Waals surface area contributed by atoms with Crippen LogP contribution in [0.3, 0.4) is 0 Å². The predicted molar refractivity (Wildman–Crippen MR) is 159 cm³/mol. The largest absolute Gasteiger partial charge is 0.465 e. The third kappa shape index (κ3) is 5.09. The molecule has 2 aromatic heterocycles. The lowest BCUT2D eigenvalue weighted by atomic mass is 10.0. The van der Waals surface area contributed by atoms with E-state index in [0.29, 0.717) is 17.9 Å². The Morgan fingerprint density at radius 2 is 1.61 bits per heavy atom. The summed E-state index contributed by atoms with van der Waals surface area (Å²) in [5.74, 6) is 0.485. The lowest BCUT2D eigenvalue weighted by molar-refractivity contribution is -0.138. The first kappa shape index (κ1) is 26.4. The van der Waals surface area contributed by atoms with Gasteiger partial charge in [-0.1, -0.05) is 72.8 Å². The molecule has 1 aliphatic rings. The number of fused-ring (bicyclic) bond motifs is 1. The summed E-state index contributed by atoms with van der Waals surface area (Å²) in [6.07, 6.45) is 2.27. The zero-order valence-corrected chi connectivity index (χ0v) is 23.1. The van der Waals surface area contributed by atoms with Crippen molar-refractivity contribution in [3.63, 3.8) is 0 Å². The zero-order chi connectivity index (χ0) is 28.5. The van der Waals surface area contributed by atoms with Crippen LogP contribution in [0.2, 0.25) is 0 Å². The van der Waals surface area contributed by atoms with Crippen molar-refractivity contribution in [2.75, 3.05) is 6.54 Å². The maximum absolute atomic E-state index is 14.1. The number of carbonyl (C=O) groups excluding carboxylic acids is 1. The van der Waals surface area contributed by atoms with Gasteiger partial charge in [0.1, 0.15) is 11.9 Å². The van der Waals surface area contributed by atoms with Gasteiger partial charge in [-0.05, 0) is 55.5 Å². The van der Waals surface area contributed by atoms with Gasteiger partial charge in [0.2, 0.25) is 0 Å². The van der Waals surface area contributed by atoms with Crippen LogP contribution in [0.4, 0.5) is 4.79 Å². The molecule has 1 saturated heterocycles. The number of benzene rings is 3. The van der Waals surface area contributed by atoms with Crippen LogP contribution in [0.5, 0.6) is 0 Å². The first-order valence-corrected chi connectivity index (χ1v) is 14.0. The standard InChI is InChI=1S/C33H33N5O3/c1-21(2)38(33(40)41)30(24-9-4-3-5-10-24)32(39)37-18-8-13-29(37)31-34-20-28(36-31)23-16-14-22(15-17-23)27-19-25-11-6-7-12-26(25)35-27/h3-7,9-12,14-17,19-21,29-30,35H,8,13,18H2,1-2H3,(H,34,36)(H,40,41)/t29-,30+/m0/s1. The fourth-order valence-electron chi connectivity index (χ4n) is 5.87. The van der Waals surface area contributed by atoms with Gasteiger partial charge in [0.25, 0.3) is 5.91 Å². The van der Waals surface area contributed by atoms with E-state index < -0.39 is 12.1 Å². The van der Waals surface area contributed by atoms with Crippen molar-refractivity contribution < 1.29 is 14.7 Å². The summed E-state index contributed by atoms with van der Waals surface area (Å²) in [5, 5.41) is 11.2. The molecule has 3 N–H and O–H groups in total. The van der Waals surface area contributed by atoms with Crippen LogP contribution >= 0.6 is 0 Å². The fourth-order valence-corrected chi connectivity index (χ4v) is 5.87. The summed E-state index contributed by atoms with van der Waals surface area (Å²) < 4.78 is 0. The molecule has 0 unspecified atom stereocenters. The van der Waals surface area contributed by atoms with Crippen molar-refractivity contribution in [3.8, 4) is 22.5 Å². The number of imidazole rings is 1. The minimum absolute atomic E-state index is 0.226. The van der Waals surface area contributed by atoms with Gasteiger partial charge < -0.3 is 20.0 Å². The molecule has 208 valence electrons. The van der Waals surface area contributed by atoms with E-state index in [1.807, 2.05) is 42.5 Å². The smallest absolute Gasteiger partial charge is 0.408 e. The van der Waals surface area contributed by atoms with Crippen LogP contribution in [0.15, 0.2) is 91.1 Å². The van der Waals surface area contributed by atoms with Crippen LogP contribution in [-0.4, -0.2) is 54.4 Å². The third-order valence-electron chi connectivity index (χ3n) is 7.89. The number of para-hydroxylation sites is 1. The Kier molecular flexibility index (Phi) is 7.05. The number of hydrogen-bond acceptors (Lipinski definition) is 3. The van der Waals surface area contributed by atoms with Gasteiger partial charge in [0.05, 0.1) is 17.9 Å². The normalized spacial score (nSPS) is 15.9. The molecular weight excluding hydrogens is 514 g/mol. The van der Waals surface area contributed by atoms with E-state index in [0.717, 1.165) is 40.9 Å². The number of H-pyrrole nitrogens is 2. The van der Waals surface area contributed by atoms with E-state index >= 15 is 0 Å². The van der Waals surface area contributed by atoms with Gasteiger partial charge in [0, 0.05) is 29.2 Å². The molecule has 0 bridgehead atoms. The number of carboxylic acid groups (broad SMARTS) is 1. The monoisotopic (exact) mass is 547 g/mol. The molecule has 3 heterocycles. The molecule has 8 nitrogen and oxygen atoms in total. The number of rotatable bonds is 7. The second kappa shape index (κ2) is 11.0. The molecule has 1 aliphatic heterocycles. The number of aromatic amines is 2. The van der Waals surface area contributed by atoms with Crippen LogP contribution < -0.4 is 0 Å². The number of hydrogen-bond donors (Lipinski definition) is 3. The van der Waals surface area contributed by atoms with Crippen LogP contribution in [0, 0.1) is 0 Å². The van der Waals surface area contributed by atoms with Gasteiger partial charge in [-0.2, -0.15) is 0 Å². The van der Waals surface area contributed by atoms with Gasteiger partial charge >= 0.3 is 6.09 Å². The van der Waals surface area contributed by atoms with Crippen molar-refractivity contribution in [3.05, 3.63) is 103 Å². The molecule has 0 radical (unpaired) electrons. The highest BCUT2D eigenvalue weighted by atomic mass is 16.4. The topological polar surface area (TPSA) is 105 Å². The van der Waals surface area contributed by atoms with Gasteiger partial charge in [-0.3, -0.25) is 9.69 Å². The predicted octanol–water partition coefficient (Wildman–Crippen LogP) is 7.02. The average Bonchev–Trinajstić information content (AvgIpc) is 3.75. The van der Waals surface area contributed by atoms with Crippen molar-refractivity contribution in [1.82, 2.24) is 24.8 Å². The fraction of sp³-hybridized carbons (Fsp3) is 0.242. The second-order valence-electron chi connectivity index (χ2n) is 10.8. The Morgan fingerprint density at radius 1 is 0.927 bits per heavy atom. The average molecular weight is 548 g/mol. The highest BCUT2D eigenvalue weighted by Gasteiger charge is 2.41. The summed E-state index contributed by atoms with van der Waals surface area (Å²) >= 11 is 0. The molecule has 0 saturated carbocycles. The van der Waals surface area contributed by atoms with Crippen molar-refractivity contribution in [1.29, 1.82) is 0 Å². The first-order valence-electron chi connectivity index (χ1n) is 14.0. The Hall–Kier alpha value is -4.85.